The van der Waals surface area contributed by atoms with E-state index in [2.05, 4.69) is 13.8 Å². The average Bonchev–Trinajstić information content (AvgIpc) is 3.30. The molecule has 1 fully saturated rings. The number of likely N-dealkylation sites (tertiary alicyclic amines) is 1. The van der Waals surface area contributed by atoms with Crippen LogP contribution in [-0.4, -0.2) is 34.2 Å². The molecule has 1 aliphatic carbocycles. The summed E-state index contributed by atoms with van der Waals surface area (Å²) in [5.74, 6) is 0.0189. The second-order valence-corrected chi connectivity index (χ2v) is 12.8. The zero-order valence-corrected chi connectivity index (χ0v) is 24.7. The van der Waals surface area contributed by atoms with Crippen LogP contribution < -0.4 is 0 Å². The van der Waals surface area contributed by atoms with Gasteiger partial charge in [0.2, 0.25) is 0 Å². The van der Waals surface area contributed by atoms with E-state index in [0.29, 0.717) is 44.3 Å². The number of alkyl halides is 3. The second kappa shape index (κ2) is 11.2. The highest BCUT2D eigenvalue weighted by Gasteiger charge is 2.44. The van der Waals surface area contributed by atoms with Gasteiger partial charge in [-0.15, -0.1) is 0 Å². The van der Waals surface area contributed by atoms with Crippen LogP contribution in [0.15, 0.2) is 54.6 Å². The molecule has 43 heavy (non-hydrogen) atoms. The first-order valence-electron chi connectivity index (χ1n) is 14.9. The Hall–Kier alpha value is -3.43. The van der Waals surface area contributed by atoms with Crippen LogP contribution in [-0.2, 0) is 28.7 Å². The maximum Gasteiger partial charge on any atom is 0.416 e. The van der Waals surface area contributed by atoms with E-state index in [1.54, 1.807) is 4.90 Å². The Kier molecular flexibility index (Phi) is 7.75. The van der Waals surface area contributed by atoms with Crippen molar-refractivity contribution in [3.8, 4) is 0 Å². The lowest BCUT2D eigenvalue weighted by Gasteiger charge is -2.39. The maximum absolute atomic E-state index is 13.3. The number of fused-ring (bicyclic) bond motifs is 2. The molecule has 228 valence electrons. The Morgan fingerprint density at radius 3 is 2.37 bits per heavy atom. The summed E-state index contributed by atoms with van der Waals surface area (Å²) in [6.07, 6.45) is -3.85. The van der Waals surface area contributed by atoms with Crippen molar-refractivity contribution in [3.63, 3.8) is 0 Å². The third kappa shape index (κ3) is 5.89. The number of ether oxygens (including phenoxy) is 2. The summed E-state index contributed by atoms with van der Waals surface area (Å²) < 4.78 is 51.9. The largest absolute Gasteiger partial charge is 0.445 e. The Balaban J connectivity index is 1.32. The number of hydrogen-bond acceptors (Lipinski definition) is 5. The molecule has 1 N–H and O–H groups in total. The molecule has 3 heterocycles. The lowest BCUT2D eigenvalue weighted by atomic mass is 9.70. The monoisotopic (exact) mass is 594 g/mol. The summed E-state index contributed by atoms with van der Waals surface area (Å²) >= 11 is 0. The molecular weight excluding hydrogens is 557 g/mol. The number of benzene rings is 2. The number of rotatable bonds is 4. The quantitative estimate of drug-likeness (QED) is 0.334. The first kappa shape index (κ1) is 29.6. The summed E-state index contributed by atoms with van der Waals surface area (Å²) in [5, 5.41) is 11.5. The summed E-state index contributed by atoms with van der Waals surface area (Å²) in [7, 11) is 0. The van der Waals surface area contributed by atoms with E-state index in [4.69, 9.17) is 14.5 Å². The SMILES string of the molecule is CC1OC(c2ccc(C(F)(F)F)cc2)c2c1nc1c(c2C2CCN(C(=O)OCc3ccccc3)CC2)[C@@H](O)CC(C)(C)C1. The summed E-state index contributed by atoms with van der Waals surface area (Å²) in [5.41, 5.74) is 5.03. The van der Waals surface area contributed by atoms with Gasteiger partial charge in [0.15, 0.2) is 0 Å². The molecule has 0 bridgehead atoms. The Morgan fingerprint density at radius 2 is 1.72 bits per heavy atom. The molecule has 3 aromatic rings. The molecule has 3 atom stereocenters. The van der Waals surface area contributed by atoms with Gasteiger partial charge in [0.05, 0.1) is 23.5 Å². The van der Waals surface area contributed by atoms with Crippen molar-refractivity contribution in [2.75, 3.05) is 13.1 Å². The molecule has 0 radical (unpaired) electrons. The molecule has 2 aromatic carbocycles. The van der Waals surface area contributed by atoms with Crippen molar-refractivity contribution in [3.05, 3.63) is 99.4 Å². The standard InChI is InChI=1S/C34H37F3N2O4/c1-20-30-29(31(43-20)23-9-11-24(12-10-23)34(35,36)37)27(28-25(38-30)17-33(2,3)18-26(28)40)22-13-15-39(16-14-22)32(41)42-19-21-7-5-4-6-8-21/h4-12,20,22,26,31,40H,13-19H2,1-3H3/t20?,26-,31?/m0/s1. The van der Waals surface area contributed by atoms with Crippen molar-refractivity contribution in [2.45, 2.75) is 83.5 Å². The van der Waals surface area contributed by atoms with Crippen LogP contribution in [0.1, 0.15) is 109 Å². The number of halogens is 3. The average molecular weight is 595 g/mol. The highest BCUT2D eigenvalue weighted by Crippen LogP contribution is 2.52. The van der Waals surface area contributed by atoms with Crippen molar-refractivity contribution in [1.82, 2.24) is 9.88 Å². The molecular formula is C34H37F3N2O4. The summed E-state index contributed by atoms with van der Waals surface area (Å²) in [4.78, 5) is 19.7. The van der Waals surface area contributed by atoms with Gasteiger partial charge in [0.1, 0.15) is 12.7 Å². The molecule has 6 rings (SSSR count). The van der Waals surface area contributed by atoms with E-state index in [1.165, 1.54) is 12.1 Å². The topological polar surface area (TPSA) is 71.9 Å². The number of aliphatic hydroxyl groups is 1. The van der Waals surface area contributed by atoms with E-state index in [0.717, 1.165) is 45.8 Å². The van der Waals surface area contributed by atoms with Gasteiger partial charge >= 0.3 is 12.3 Å². The number of piperidine rings is 1. The number of pyridine rings is 1. The number of carbonyl (C=O) groups is 1. The Bertz CT molecular complexity index is 1480. The van der Waals surface area contributed by atoms with E-state index in [1.807, 2.05) is 37.3 Å². The Morgan fingerprint density at radius 1 is 1.05 bits per heavy atom. The first-order valence-corrected chi connectivity index (χ1v) is 14.9. The number of carbonyl (C=O) groups excluding carboxylic acids is 1. The zero-order valence-electron chi connectivity index (χ0n) is 24.7. The van der Waals surface area contributed by atoms with Gasteiger partial charge in [-0.3, -0.25) is 4.98 Å². The minimum absolute atomic E-state index is 0.0189. The smallest absolute Gasteiger partial charge is 0.416 e. The molecule has 9 heteroatoms. The van der Waals surface area contributed by atoms with E-state index >= 15 is 0 Å². The van der Waals surface area contributed by atoms with E-state index < -0.39 is 23.9 Å². The van der Waals surface area contributed by atoms with Gasteiger partial charge in [0, 0.05) is 29.9 Å². The fourth-order valence-corrected chi connectivity index (χ4v) is 6.98. The number of aliphatic hydroxyl groups excluding tert-OH is 1. The first-order chi connectivity index (χ1) is 20.4. The summed E-state index contributed by atoms with van der Waals surface area (Å²) in [6.45, 7) is 7.36. The molecule has 0 spiro atoms. The lowest BCUT2D eigenvalue weighted by Crippen LogP contribution is -2.39. The van der Waals surface area contributed by atoms with Crippen molar-refractivity contribution >= 4 is 6.09 Å². The van der Waals surface area contributed by atoms with Crippen LogP contribution >= 0.6 is 0 Å². The van der Waals surface area contributed by atoms with Crippen molar-refractivity contribution in [1.29, 1.82) is 0 Å². The fourth-order valence-electron chi connectivity index (χ4n) is 6.98. The molecule has 2 unspecified atom stereocenters. The minimum atomic E-state index is -4.43. The maximum atomic E-state index is 13.3. The van der Waals surface area contributed by atoms with Gasteiger partial charge in [0.25, 0.3) is 0 Å². The molecule has 1 saturated heterocycles. The van der Waals surface area contributed by atoms with E-state index in [-0.39, 0.29) is 30.1 Å². The van der Waals surface area contributed by atoms with Gasteiger partial charge in [-0.05, 0) is 72.8 Å². The number of hydrogen-bond donors (Lipinski definition) is 1. The number of nitrogens with zero attached hydrogens (tertiary/aromatic N) is 2. The van der Waals surface area contributed by atoms with Crippen LogP contribution in [0.25, 0.3) is 0 Å². The van der Waals surface area contributed by atoms with Crippen LogP contribution in [0.4, 0.5) is 18.0 Å². The highest BCUT2D eigenvalue weighted by atomic mass is 19.4. The third-order valence-electron chi connectivity index (χ3n) is 9.04. The minimum Gasteiger partial charge on any atom is -0.445 e. The lowest BCUT2D eigenvalue weighted by molar-refractivity contribution is -0.137. The predicted octanol–water partition coefficient (Wildman–Crippen LogP) is 7.80. The molecule has 3 aliphatic rings. The highest BCUT2D eigenvalue weighted by molar-refractivity contribution is 5.68. The zero-order chi connectivity index (χ0) is 30.5. The van der Waals surface area contributed by atoms with E-state index in [9.17, 15) is 23.1 Å². The van der Waals surface area contributed by atoms with Gasteiger partial charge in [-0.1, -0.05) is 56.3 Å². The Labute approximate surface area is 249 Å². The van der Waals surface area contributed by atoms with Crippen LogP contribution in [0, 0.1) is 5.41 Å². The molecule has 1 aromatic heterocycles. The molecule has 6 nitrogen and oxygen atoms in total. The van der Waals surface area contributed by atoms with Gasteiger partial charge in [-0.25, -0.2) is 4.79 Å². The van der Waals surface area contributed by atoms with Gasteiger partial charge < -0.3 is 19.5 Å². The van der Waals surface area contributed by atoms with Gasteiger partial charge in [-0.2, -0.15) is 13.2 Å². The van der Waals surface area contributed by atoms with Crippen LogP contribution in [0.2, 0.25) is 0 Å². The van der Waals surface area contributed by atoms with Crippen LogP contribution in [0.3, 0.4) is 0 Å². The van der Waals surface area contributed by atoms with Crippen molar-refractivity contribution in [2.24, 2.45) is 5.41 Å². The normalized spacial score (nSPS) is 23.5. The fraction of sp³-hybridized carbons (Fsp3) is 0.471. The number of aromatic nitrogens is 1. The van der Waals surface area contributed by atoms with Crippen LogP contribution in [0.5, 0.6) is 0 Å². The number of amides is 1. The second-order valence-electron chi connectivity index (χ2n) is 12.8. The van der Waals surface area contributed by atoms with Crippen molar-refractivity contribution < 1.29 is 32.5 Å². The molecule has 2 aliphatic heterocycles. The molecule has 1 amide bonds. The summed E-state index contributed by atoms with van der Waals surface area (Å²) in [6, 6.07) is 14.7. The predicted molar refractivity (Wildman–Crippen MR) is 154 cm³/mol. The molecule has 0 saturated carbocycles. The third-order valence-corrected chi connectivity index (χ3v) is 9.04.